The quantitative estimate of drug-likeness (QED) is 0.501. The maximum Gasteiger partial charge on any atom is 0.234 e. The number of fused-ring (bicyclic) bond motifs is 1. The Bertz CT molecular complexity index is 630. The second kappa shape index (κ2) is 3.35. The molecule has 1 atom stereocenters. The van der Waals surface area contributed by atoms with Gasteiger partial charge in [0.05, 0.1) is 5.92 Å². The van der Waals surface area contributed by atoms with Gasteiger partial charge in [0.25, 0.3) is 0 Å². The van der Waals surface area contributed by atoms with E-state index in [1.807, 2.05) is 12.1 Å². The average molecular weight is 229 g/mol. The molecule has 1 unspecified atom stereocenters. The van der Waals surface area contributed by atoms with Gasteiger partial charge < -0.3 is 10.7 Å². The van der Waals surface area contributed by atoms with Gasteiger partial charge in [0.1, 0.15) is 0 Å². The predicted molar refractivity (Wildman–Crippen MR) is 63.2 cm³/mol. The van der Waals surface area contributed by atoms with Crippen LogP contribution >= 0.6 is 0 Å². The van der Waals surface area contributed by atoms with Gasteiger partial charge in [-0.05, 0) is 23.8 Å². The molecule has 3 rings (SSSR count). The molecule has 5 nitrogen and oxygen atoms in total. The Labute approximate surface area is 97.0 Å². The number of hydrogen-bond donors (Lipinski definition) is 3. The Morgan fingerprint density at radius 3 is 2.82 bits per heavy atom. The zero-order chi connectivity index (χ0) is 12.0. The van der Waals surface area contributed by atoms with Crippen molar-refractivity contribution in [2.45, 2.75) is 12.3 Å². The summed E-state index contributed by atoms with van der Waals surface area (Å²) < 4.78 is 0. The maximum absolute atomic E-state index is 11.6. The van der Waals surface area contributed by atoms with Crippen LogP contribution in [0.3, 0.4) is 0 Å². The molecule has 1 aliphatic heterocycles. The summed E-state index contributed by atoms with van der Waals surface area (Å²) in [5.74, 6) is -0.866. The van der Waals surface area contributed by atoms with Crippen molar-refractivity contribution in [3.8, 4) is 0 Å². The molecule has 5 heteroatoms. The Morgan fingerprint density at radius 2 is 2.12 bits per heavy atom. The van der Waals surface area contributed by atoms with Crippen LogP contribution in [-0.4, -0.2) is 16.8 Å². The van der Waals surface area contributed by atoms with Gasteiger partial charge in [0.2, 0.25) is 11.8 Å². The molecule has 17 heavy (non-hydrogen) atoms. The van der Waals surface area contributed by atoms with Crippen LogP contribution in [-0.2, 0) is 9.59 Å². The van der Waals surface area contributed by atoms with E-state index < -0.39 is 5.92 Å². The lowest BCUT2D eigenvalue weighted by Crippen LogP contribution is -2.21. The summed E-state index contributed by atoms with van der Waals surface area (Å²) in [4.78, 5) is 25.9. The monoisotopic (exact) mass is 229 g/mol. The van der Waals surface area contributed by atoms with E-state index in [2.05, 4.69) is 10.3 Å². The number of H-pyrrole nitrogens is 1. The smallest absolute Gasteiger partial charge is 0.234 e. The number of amides is 2. The number of imide groups is 1. The number of benzene rings is 1. The van der Waals surface area contributed by atoms with Crippen LogP contribution in [0.1, 0.15) is 17.9 Å². The second-order valence-corrected chi connectivity index (χ2v) is 4.22. The molecule has 86 valence electrons. The minimum atomic E-state index is -0.405. The zero-order valence-corrected chi connectivity index (χ0v) is 8.99. The average Bonchev–Trinajstić information content (AvgIpc) is 2.81. The molecular formula is C12H11N3O2. The van der Waals surface area contributed by atoms with Crippen molar-refractivity contribution in [3.63, 3.8) is 0 Å². The molecule has 0 saturated carbocycles. The Balaban J connectivity index is 2.14. The van der Waals surface area contributed by atoms with Crippen LogP contribution in [0.25, 0.3) is 10.9 Å². The van der Waals surface area contributed by atoms with E-state index >= 15 is 0 Å². The van der Waals surface area contributed by atoms with Gasteiger partial charge in [0, 0.05) is 29.2 Å². The maximum atomic E-state index is 11.6. The molecule has 2 amide bonds. The highest BCUT2D eigenvalue weighted by molar-refractivity contribution is 6.08. The lowest BCUT2D eigenvalue weighted by molar-refractivity contribution is -0.125. The van der Waals surface area contributed by atoms with Gasteiger partial charge in [-0.2, -0.15) is 0 Å². The van der Waals surface area contributed by atoms with Crippen molar-refractivity contribution >= 4 is 28.4 Å². The minimum absolute atomic E-state index is 0.209. The van der Waals surface area contributed by atoms with Crippen LogP contribution in [0.5, 0.6) is 0 Å². The second-order valence-electron chi connectivity index (χ2n) is 4.22. The van der Waals surface area contributed by atoms with E-state index in [4.69, 9.17) is 5.73 Å². The summed E-state index contributed by atoms with van der Waals surface area (Å²) in [6.45, 7) is 0. The van der Waals surface area contributed by atoms with Crippen LogP contribution in [0.4, 0.5) is 5.69 Å². The van der Waals surface area contributed by atoms with Gasteiger partial charge in [-0.15, -0.1) is 0 Å². The molecule has 1 fully saturated rings. The third-order valence-electron chi connectivity index (χ3n) is 3.08. The molecule has 2 heterocycles. The predicted octanol–water partition coefficient (Wildman–Crippen LogP) is 0.880. The van der Waals surface area contributed by atoms with E-state index in [1.54, 1.807) is 12.3 Å². The number of aromatic nitrogens is 1. The fourth-order valence-electron chi connectivity index (χ4n) is 2.25. The highest BCUT2D eigenvalue weighted by Gasteiger charge is 2.33. The molecule has 2 aromatic rings. The Morgan fingerprint density at radius 1 is 1.29 bits per heavy atom. The summed E-state index contributed by atoms with van der Waals surface area (Å²) in [5.41, 5.74) is 8.12. The van der Waals surface area contributed by atoms with Crippen molar-refractivity contribution in [2.24, 2.45) is 0 Å². The fourth-order valence-corrected chi connectivity index (χ4v) is 2.25. The van der Waals surface area contributed by atoms with Gasteiger partial charge in [-0.3, -0.25) is 14.9 Å². The summed E-state index contributed by atoms with van der Waals surface area (Å²) in [6.07, 6.45) is 1.98. The van der Waals surface area contributed by atoms with E-state index in [9.17, 15) is 9.59 Å². The highest BCUT2D eigenvalue weighted by atomic mass is 16.2. The molecule has 0 spiro atoms. The third kappa shape index (κ3) is 1.47. The number of hydrogen-bond acceptors (Lipinski definition) is 3. The topological polar surface area (TPSA) is 88.0 Å². The van der Waals surface area contributed by atoms with Crippen LogP contribution in [0.2, 0.25) is 0 Å². The van der Waals surface area contributed by atoms with Gasteiger partial charge in [0.15, 0.2) is 0 Å². The van der Waals surface area contributed by atoms with Crippen molar-refractivity contribution in [2.75, 3.05) is 5.73 Å². The Hall–Kier alpha value is -2.30. The van der Waals surface area contributed by atoms with E-state index in [-0.39, 0.29) is 18.2 Å². The number of nitrogens with one attached hydrogen (secondary N) is 2. The highest BCUT2D eigenvalue weighted by Crippen LogP contribution is 2.31. The first-order valence-electron chi connectivity index (χ1n) is 5.35. The SMILES string of the molecule is Nc1ccc2[nH]cc(C3CC(=O)NC3=O)c2c1. The van der Waals surface area contributed by atoms with Gasteiger partial charge >= 0.3 is 0 Å². The van der Waals surface area contributed by atoms with E-state index in [1.165, 1.54) is 0 Å². The van der Waals surface area contributed by atoms with E-state index in [0.29, 0.717) is 5.69 Å². The zero-order valence-electron chi connectivity index (χ0n) is 8.99. The van der Waals surface area contributed by atoms with Gasteiger partial charge in [-0.25, -0.2) is 0 Å². The van der Waals surface area contributed by atoms with Crippen molar-refractivity contribution in [1.82, 2.24) is 10.3 Å². The summed E-state index contributed by atoms with van der Waals surface area (Å²) in [7, 11) is 0. The first-order valence-corrected chi connectivity index (χ1v) is 5.35. The number of anilines is 1. The number of carbonyl (C=O) groups excluding carboxylic acids is 2. The van der Waals surface area contributed by atoms with Crippen LogP contribution < -0.4 is 11.1 Å². The summed E-state index contributed by atoms with van der Waals surface area (Å²) in [6, 6.07) is 5.47. The van der Waals surface area contributed by atoms with Crippen molar-refractivity contribution < 1.29 is 9.59 Å². The molecule has 4 N–H and O–H groups in total. The first kappa shape index (κ1) is 9.89. The van der Waals surface area contributed by atoms with Crippen LogP contribution in [0.15, 0.2) is 24.4 Å². The summed E-state index contributed by atoms with van der Waals surface area (Å²) >= 11 is 0. The summed E-state index contributed by atoms with van der Waals surface area (Å²) in [5, 5.41) is 3.21. The van der Waals surface area contributed by atoms with E-state index in [0.717, 1.165) is 16.5 Å². The lowest BCUT2D eigenvalue weighted by Gasteiger charge is -2.04. The number of carbonyl (C=O) groups is 2. The van der Waals surface area contributed by atoms with Crippen molar-refractivity contribution in [1.29, 1.82) is 0 Å². The normalized spacial score (nSPS) is 19.9. The lowest BCUT2D eigenvalue weighted by atomic mass is 9.97. The molecule has 0 radical (unpaired) electrons. The van der Waals surface area contributed by atoms with Crippen molar-refractivity contribution in [3.05, 3.63) is 30.0 Å². The molecule has 1 aliphatic rings. The number of aromatic amines is 1. The number of nitrogen functional groups attached to an aromatic ring is 1. The molecule has 1 aromatic carbocycles. The largest absolute Gasteiger partial charge is 0.399 e. The number of rotatable bonds is 1. The standard InChI is InChI=1S/C12H11N3O2/c13-6-1-2-10-7(3-6)9(5-14-10)8-4-11(16)15-12(8)17/h1-3,5,8,14H,4,13H2,(H,15,16,17). The Kier molecular flexibility index (Phi) is 1.95. The molecule has 1 aromatic heterocycles. The van der Waals surface area contributed by atoms with Gasteiger partial charge in [-0.1, -0.05) is 0 Å². The molecular weight excluding hydrogens is 218 g/mol. The van der Waals surface area contributed by atoms with Crippen LogP contribution in [0, 0.1) is 0 Å². The minimum Gasteiger partial charge on any atom is -0.399 e. The fraction of sp³-hybridized carbons (Fsp3) is 0.167. The number of nitrogens with two attached hydrogens (primary N) is 1. The third-order valence-corrected chi connectivity index (χ3v) is 3.08. The first-order chi connectivity index (χ1) is 8.15. The molecule has 0 bridgehead atoms. The molecule has 0 aliphatic carbocycles. The molecule has 1 saturated heterocycles.